The van der Waals surface area contributed by atoms with Gasteiger partial charge in [-0.2, -0.15) is 5.10 Å². The van der Waals surface area contributed by atoms with Gasteiger partial charge in [-0.25, -0.2) is 4.68 Å². The molecule has 1 N–H and O–H groups in total. The van der Waals surface area contributed by atoms with Gasteiger partial charge in [0.25, 0.3) is 0 Å². The molecule has 2 bridgehead atoms. The van der Waals surface area contributed by atoms with E-state index in [1.54, 1.807) is 7.11 Å². The highest BCUT2D eigenvalue weighted by Crippen LogP contribution is 2.58. The molecular formula is C29H33N3O2. The van der Waals surface area contributed by atoms with Gasteiger partial charge in [-0.3, -0.25) is 4.90 Å². The molecule has 34 heavy (non-hydrogen) atoms. The van der Waals surface area contributed by atoms with Crippen LogP contribution in [-0.2, 0) is 24.7 Å². The fourth-order valence-corrected chi connectivity index (χ4v) is 7.32. The lowest BCUT2D eigenvalue weighted by Crippen LogP contribution is -2.74. The monoisotopic (exact) mass is 455 g/mol. The van der Waals surface area contributed by atoms with Crippen molar-refractivity contribution >= 4 is 0 Å². The number of hydrogen-bond acceptors (Lipinski definition) is 4. The number of fused-ring (bicyclic) bond motifs is 2. The molecule has 1 aromatic heterocycles. The summed E-state index contributed by atoms with van der Waals surface area (Å²) in [6.45, 7) is 4.34. The van der Waals surface area contributed by atoms with Crippen LogP contribution in [0.25, 0.3) is 5.69 Å². The van der Waals surface area contributed by atoms with Crippen LogP contribution in [0, 0.1) is 12.8 Å². The predicted molar refractivity (Wildman–Crippen MR) is 132 cm³/mol. The van der Waals surface area contributed by atoms with E-state index in [0.29, 0.717) is 6.42 Å². The highest BCUT2D eigenvalue weighted by atomic mass is 16.5. The van der Waals surface area contributed by atoms with Gasteiger partial charge in [-0.15, -0.1) is 0 Å². The summed E-state index contributed by atoms with van der Waals surface area (Å²) in [7, 11) is 1.74. The van der Waals surface area contributed by atoms with Gasteiger partial charge in [0.2, 0.25) is 0 Å². The lowest BCUT2D eigenvalue weighted by molar-refractivity contribution is -0.152. The molecule has 0 unspecified atom stereocenters. The maximum Gasteiger partial charge on any atom is 0.119 e. The van der Waals surface area contributed by atoms with Gasteiger partial charge in [0.1, 0.15) is 5.75 Å². The van der Waals surface area contributed by atoms with Gasteiger partial charge in [-0.1, -0.05) is 24.3 Å². The number of hydrogen-bond donors (Lipinski definition) is 1. The van der Waals surface area contributed by atoms with Gasteiger partial charge in [0.05, 0.1) is 24.1 Å². The summed E-state index contributed by atoms with van der Waals surface area (Å²) < 4.78 is 7.73. The van der Waals surface area contributed by atoms with Gasteiger partial charge < -0.3 is 9.84 Å². The predicted octanol–water partition coefficient (Wildman–Crippen LogP) is 4.00. The Labute approximate surface area is 201 Å². The SMILES string of the molecule is COc1ccc2c(c1)[C@]13CCN(CC4CC4)[C@H](C2)[C@]1(O)Cc1c(nn(-c2ccccc2)c1C)C3. The molecule has 0 spiro atoms. The fourth-order valence-electron chi connectivity index (χ4n) is 7.32. The molecule has 1 saturated heterocycles. The number of aromatic nitrogens is 2. The van der Waals surface area contributed by atoms with Crippen LogP contribution in [-0.4, -0.2) is 51.6 Å². The van der Waals surface area contributed by atoms with Crippen molar-refractivity contribution in [2.75, 3.05) is 20.2 Å². The van der Waals surface area contributed by atoms with E-state index in [1.807, 2.05) is 6.07 Å². The molecule has 5 nitrogen and oxygen atoms in total. The minimum absolute atomic E-state index is 0.148. The number of likely N-dealkylation sites (tertiary alicyclic amines) is 1. The average molecular weight is 456 g/mol. The Kier molecular flexibility index (Phi) is 4.38. The van der Waals surface area contributed by atoms with Crippen LogP contribution in [0.2, 0.25) is 0 Å². The molecule has 4 aliphatic rings. The van der Waals surface area contributed by atoms with Gasteiger partial charge in [0.15, 0.2) is 0 Å². The van der Waals surface area contributed by atoms with E-state index >= 15 is 0 Å². The van der Waals surface area contributed by atoms with Crippen LogP contribution in [0.3, 0.4) is 0 Å². The lowest BCUT2D eigenvalue weighted by atomic mass is 9.49. The summed E-state index contributed by atoms with van der Waals surface area (Å²) in [5.41, 5.74) is 6.17. The molecule has 1 saturated carbocycles. The standard InChI is InChI=1S/C29H33N3O2/c1-19-24-16-29(33)27-14-21-10-11-23(34-2)15-25(21)28(29,12-13-31(27)18-20-8-9-20)17-26(24)30-32(19)22-6-4-3-5-7-22/h3-7,10-11,15,20,27,33H,8-9,12-14,16-18H2,1-2H3/t27-,28-,29-/m1/s1. The Balaban J connectivity index is 1.40. The van der Waals surface area contributed by atoms with Gasteiger partial charge in [-0.05, 0) is 86.0 Å². The third kappa shape index (κ3) is 2.77. The van der Waals surface area contributed by atoms with Crippen molar-refractivity contribution in [3.63, 3.8) is 0 Å². The largest absolute Gasteiger partial charge is 0.497 e. The van der Waals surface area contributed by atoms with E-state index < -0.39 is 5.60 Å². The Morgan fingerprint density at radius 3 is 2.71 bits per heavy atom. The molecule has 1 aliphatic heterocycles. The molecule has 2 fully saturated rings. The Hall–Kier alpha value is -2.63. The second kappa shape index (κ2) is 7.19. The first-order chi connectivity index (χ1) is 16.5. The third-order valence-corrected chi connectivity index (χ3v) is 9.32. The number of benzene rings is 2. The maximum absolute atomic E-state index is 12.8. The van der Waals surface area contributed by atoms with Crippen LogP contribution < -0.4 is 4.74 Å². The number of nitrogens with zero attached hydrogens (tertiary/aromatic N) is 3. The summed E-state index contributed by atoms with van der Waals surface area (Å²) in [6.07, 6.45) is 6.01. The molecule has 3 aliphatic carbocycles. The van der Waals surface area contributed by atoms with Crippen molar-refractivity contribution in [2.24, 2.45) is 5.92 Å². The number of methoxy groups -OCH3 is 1. The van der Waals surface area contributed by atoms with Crippen LogP contribution in [0.15, 0.2) is 48.5 Å². The van der Waals surface area contributed by atoms with E-state index in [1.165, 1.54) is 29.5 Å². The lowest BCUT2D eigenvalue weighted by Gasteiger charge is -2.63. The summed E-state index contributed by atoms with van der Waals surface area (Å²) in [4.78, 5) is 2.63. The molecule has 0 radical (unpaired) electrons. The molecule has 2 aromatic carbocycles. The minimum Gasteiger partial charge on any atom is -0.497 e. The highest BCUT2D eigenvalue weighted by Gasteiger charge is 2.65. The van der Waals surface area contributed by atoms with Crippen LogP contribution in [0.5, 0.6) is 5.75 Å². The zero-order valence-corrected chi connectivity index (χ0v) is 20.1. The number of piperidine rings is 1. The quantitative estimate of drug-likeness (QED) is 0.646. The molecule has 0 amide bonds. The van der Waals surface area contributed by atoms with E-state index in [4.69, 9.17) is 9.84 Å². The summed E-state index contributed by atoms with van der Waals surface area (Å²) >= 11 is 0. The zero-order chi connectivity index (χ0) is 23.1. The third-order valence-electron chi connectivity index (χ3n) is 9.32. The second-order valence-electron chi connectivity index (χ2n) is 11.0. The molecule has 7 rings (SSSR count). The Morgan fingerprint density at radius 1 is 1.12 bits per heavy atom. The van der Waals surface area contributed by atoms with Crippen molar-refractivity contribution in [1.29, 1.82) is 0 Å². The maximum atomic E-state index is 12.8. The first-order valence-corrected chi connectivity index (χ1v) is 12.8. The van der Waals surface area contributed by atoms with E-state index in [2.05, 4.69) is 59.0 Å². The first kappa shape index (κ1) is 20.7. The summed E-state index contributed by atoms with van der Waals surface area (Å²) in [6, 6.07) is 17.1. The van der Waals surface area contributed by atoms with Crippen LogP contribution in [0.1, 0.15) is 47.3 Å². The smallest absolute Gasteiger partial charge is 0.119 e. The molecule has 3 atom stereocenters. The van der Waals surface area contributed by atoms with Crippen LogP contribution in [0.4, 0.5) is 0 Å². The van der Waals surface area contributed by atoms with Gasteiger partial charge >= 0.3 is 0 Å². The number of aliphatic hydroxyl groups is 1. The van der Waals surface area contributed by atoms with Crippen molar-refractivity contribution in [1.82, 2.24) is 14.7 Å². The average Bonchev–Trinajstić information content (AvgIpc) is 3.62. The van der Waals surface area contributed by atoms with E-state index in [-0.39, 0.29) is 11.5 Å². The Bertz CT molecular complexity index is 1260. The Morgan fingerprint density at radius 2 is 1.94 bits per heavy atom. The van der Waals surface area contributed by atoms with E-state index in [9.17, 15) is 5.11 Å². The normalized spacial score (nSPS) is 29.8. The number of para-hydroxylation sites is 1. The van der Waals surface area contributed by atoms with E-state index in [0.717, 1.165) is 61.1 Å². The van der Waals surface area contributed by atoms with Crippen molar-refractivity contribution in [3.05, 3.63) is 76.6 Å². The zero-order valence-electron chi connectivity index (χ0n) is 20.1. The molecule has 5 heteroatoms. The molecular weight excluding hydrogens is 422 g/mol. The van der Waals surface area contributed by atoms with Crippen molar-refractivity contribution < 1.29 is 9.84 Å². The fraction of sp³-hybridized carbons (Fsp3) is 0.483. The van der Waals surface area contributed by atoms with Crippen molar-refractivity contribution in [3.8, 4) is 11.4 Å². The molecule has 3 aromatic rings. The summed E-state index contributed by atoms with van der Waals surface area (Å²) in [5.74, 6) is 1.70. The van der Waals surface area contributed by atoms with Crippen LogP contribution >= 0.6 is 0 Å². The van der Waals surface area contributed by atoms with Gasteiger partial charge in [0, 0.05) is 36.5 Å². The topological polar surface area (TPSA) is 50.5 Å². The summed E-state index contributed by atoms with van der Waals surface area (Å²) in [5, 5.41) is 17.9. The number of ether oxygens (including phenoxy) is 1. The second-order valence-corrected chi connectivity index (χ2v) is 11.0. The van der Waals surface area contributed by atoms with Crippen molar-refractivity contribution in [2.45, 2.75) is 62.5 Å². The molecule has 2 heterocycles. The first-order valence-electron chi connectivity index (χ1n) is 12.8. The minimum atomic E-state index is -0.804. The highest BCUT2D eigenvalue weighted by molar-refractivity contribution is 5.53. The molecule has 176 valence electrons. The number of rotatable bonds is 4.